The van der Waals surface area contributed by atoms with Crippen LogP contribution in [0.4, 0.5) is 16.2 Å². The second-order valence-corrected chi connectivity index (χ2v) is 8.56. The van der Waals surface area contributed by atoms with Crippen LogP contribution in [0.25, 0.3) is 0 Å². The number of anilines is 2. The topological polar surface area (TPSA) is 52.7 Å². The van der Waals surface area contributed by atoms with Crippen LogP contribution in [0.3, 0.4) is 0 Å². The number of hydrogen-bond donors (Lipinski definition) is 1. The second kappa shape index (κ2) is 10.1. The largest absolute Gasteiger partial charge is 0.324 e. The predicted molar refractivity (Wildman–Crippen MR) is 129 cm³/mol. The van der Waals surface area contributed by atoms with E-state index in [2.05, 4.69) is 5.32 Å². The molecular formula is C25H23Cl2N3O2. The Morgan fingerprint density at radius 3 is 2.47 bits per heavy atom. The van der Waals surface area contributed by atoms with Gasteiger partial charge in [-0.25, -0.2) is 4.79 Å². The Morgan fingerprint density at radius 2 is 1.69 bits per heavy atom. The van der Waals surface area contributed by atoms with Crippen LogP contribution < -0.4 is 10.2 Å². The lowest BCUT2D eigenvalue weighted by Gasteiger charge is -2.36. The molecule has 0 spiro atoms. The number of carbonyl (C=O) groups is 2. The summed E-state index contributed by atoms with van der Waals surface area (Å²) in [5.41, 5.74) is 3.09. The average molecular weight is 468 g/mol. The Hall–Kier alpha value is -3.02. The van der Waals surface area contributed by atoms with Crippen LogP contribution in [-0.2, 0) is 17.8 Å². The summed E-state index contributed by atoms with van der Waals surface area (Å²) in [6.07, 6.45) is 1.09. The Bertz CT molecular complexity index is 1120. The number of nitrogens with zero attached hydrogens (tertiary/aromatic N) is 2. The van der Waals surface area contributed by atoms with Gasteiger partial charge in [0.05, 0.1) is 17.1 Å². The zero-order valence-corrected chi connectivity index (χ0v) is 18.9. The molecule has 3 aromatic rings. The van der Waals surface area contributed by atoms with Crippen LogP contribution in [-0.4, -0.2) is 29.9 Å². The molecule has 3 amide bonds. The van der Waals surface area contributed by atoms with E-state index in [1.165, 1.54) is 0 Å². The Labute approximate surface area is 197 Å². The van der Waals surface area contributed by atoms with E-state index < -0.39 is 0 Å². The molecule has 1 fully saturated rings. The first-order valence-electron chi connectivity index (χ1n) is 10.4. The third-order valence-electron chi connectivity index (χ3n) is 5.32. The van der Waals surface area contributed by atoms with E-state index in [4.69, 9.17) is 23.2 Å². The molecule has 1 N–H and O–H groups in total. The molecule has 1 aliphatic rings. The number of halogens is 2. The zero-order valence-electron chi connectivity index (χ0n) is 17.4. The quantitative estimate of drug-likeness (QED) is 0.482. The van der Waals surface area contributed by atoms with Gasteiger partial charge in [0.25, 0.3) is 0 Å². The number of amides is 3. The van der Waals surface area contributed by atoms with Gasteiger partial charge in [-0.15, -0.1) is 0 Å². The van der Waals surface area contributed by atoms with E-state index in [9.17, 15) is 9.59 Å². The van der Waals surface area contributed by atoms with Crippen molar-refractivity contribution in [1.29, 1.82) is 0 Å². The number of urea groups is 1. The van der Waals surface area contributed by atoms with E-state index in [1.54, 1.807) is 28.0 Å². The summed E-state index contributed by atoms with van der Waals surface area (Å²) in [5, 5.41) is 3.95. The maximum atomic E-state index is 13.2. The van der Waals surface area contributed by atoms with E-state index >= 15 is 0 Å². The van der Waals surface area contributed by atoms with Gasteiger partial charge >= 0.3 is 6.03 Å². The SMILES string of the molecule is O=C(Cc1ccccc1)Nc1cc(N2CCCN(Cc3cccc(Cl)c3)C2=O)ccc1Cl. The van der Waals surface area contributed by atoms with Crippen molar-refractivity contribution in [3.63, 3.8) is 0 Å². The lowest BCUT2D eigenvalue weighted by molar-refractivity contribution is -0.115. The van der Waals surface area contributed by atoms with Crippen molar-refractivity contribution in [2.24, 2.45) is 0 Å². The van der Waals surface area contributed by atoms with E-state index in [1.807, 2.05) is 54.6 Å². The highest BCUT2D eigenvalue weighted by atomic mass is 35.5. The molecule has 0 atom stereocenters. The van der Waals surface area contributed by atoms with Gasteiger partial charge in [-0.2, -0.15) is 0 Å². The van der Waals surface area contributed by atoms with Crippen LogP contribution in [0, 0.1) is 0 Å². The molecule has 1 heterocycles. The molecule has 1 aliphatic heterocycles. The van der Waals surface area contributed by atoms with Crippen LogP contribution in [0.15, 0.2) is 72.8 Å². The molecule has 7 heteroatoms. The normalized spacial score (nSPS) is 13.9. The first kappa shape index (κ1) is 22.2. The highest BCUT2D eigenvalue weighted by molar-refractivity contribution is 6.34. The van der Waals surface area contributed by atoms with Gasteiger partial charge in [0.2, 0.25) is 5.91 Å². The van der Waals surface area contributed by atoms with Crippen LogP contribution in [0.2, 0.25) is 10.0 Å². The monoisotopic (exact) mass is 467 g/mol. The Morgan fingerprint density at radius 1 is 0.906 bits per heavy atom. The van der Waals surface area contributed by atoms with Crippen molar-refractivity contribution in [1.82, 2.24) is 4.90 Å². The fourth-order valence-electron chi connectivity index (χ4n) is 3.78. The van der Waals surface area contributed by atoms with E-state index in [0.717, 1.165) is 17.5 Å². The second-order valence-electron chi connectivity index (χ2n) is 7.71. The van der Waals surface area contributed by atoms with Crippen molar-refractivity contribution in [2.45, 2.75) is 19.4 Å². The summed E-state index contributed by atoms with van der Waals surface area (Å²) in [6.45, 7) is 1.77. The minimum absolute atomic E-state index is 0.0832. The maximum absolute atomic E-state index is 13.2. The third kappa shape index (κ3) is 5.42. The first-order valence-corrected chi connectivity index (χ1v) is 11.2. The number of rotatable bonds is 6. The minimum atomic E-state index is -0.164. The molecule has 4 rings (SSSR count). The van der Waals surface area contributed by atoms with Crippen LogP contribution >= 0.6 is 23.2 Å². The Balaban J connectivity index is 1.48. The van der Waals surface area contributed by atoms with Crippen molar-refractivity contribution in [2.75, 3.05) is 23.3 Å². The molecule has 0 bridgehead atoms. The van der Waals surface area contributed by atoms with Gasteiger partial charge in [-0.3, -0.25) is 9.69 Å². The summed E-state index contributed by atoms with van der Waals surface area (Å²) in [7, 11) is 0. The highest BCUT2D eigenvalue weighted by Gasteiger charge is 2.27. The number of benzene rings is 3. The van der Waals surface area contributed by atoms with Crippen LogP contribution in [0.5, 0.6) is 0 Å². The molecule has 0 aliphatic carbocycles. The zero-order chi connectivity index (χ0) is 22.5. The third-order valence-corrected chi connectivity index (χ3v) is 5.88. The van der Waals surface area contributed by atoms with Gasteiger partial charge in [0.1, 0.15) is 0 Å². The van der Waals surface area contributed by atoms with Gasteiger partial charge in [0, 0.05) is 30.3 Å². The lowest BCUT2D eigenvalue weighted by atomic mass is 10.1. The molecule has 0 saturated carbocycles. The van der Waals surface area contributed by atoms with Gasteiger partial charge < -0.3 is 10.2 Å². The summed E-state index contributed by atoms with van der Waals surface area (Å²) < 4.78 is 0. The summed E-state index contributed by atoms with van der Waals surface area (Å²) in [5.74, 6) is -0.164. The lowest BCUT2D eigenvalue weighted by Crippen LogP contribution is -2.49. The number of hydrogen-bond acceptors (Lipinski definition) is 2. The highest BCUT2D eigenvalue weighted by Crippen LogP contribution is 2.30. The molecule has 0 radical (unpaired) electrons. The molecule has 5 nitrogen and oxygen atoms in total. The standard InChI is InChI=1S/C25H23Cl2N3O2/c26-20-9-4-8-19(14-20)17-29-12-5-13-30(25(29)32)21-10-11-22(27)23(16-21)28-24(31)15-18-6-2-1-3-7-18/h1-4,6-11,14,16H,5,12-13,15,17H2,(H,28,31). The van der Waals surface area contributed by atoms with Crippen molar-refractivity contribution < 1.29 is 9.59 Å². The van der Waals surface area contributed by atoms with Gasteiger partial charge in [-0.1, -0.05) is 65.7 Å². The number of carbonyl (C=O) groups excluding carboxylic acids is 2. The molecule has 0 unspecified atom stereocenters. The summed E-state index contributed by atoms with van der Waals surface area (Å²) in [4.78, 5) is 29.2. The van der Waals surface area contributed by atoms with E-state index in [0.29, 0.717) is 41.1 Å². The molecule has 164 valence electrons. The van der Waals surface area contributed by atoms with Crippen molar-refractivity contribution in [3.8, 4) is 0 Å². The van der Waals surface area contributed by atoms with Crippen LogP contribution in [0.1, 0.15) is 17.5 Å². The van der Waals surface area contributed by atoms with Crippen molar-refractivity contribution in [3.05, 3.63) is 94.0 Å². The summed E-state index contributed by atoms with van der Waals surface area (Å²) in [6, 6.07) is 22.2. The van der Waals surface area contributed by atoms with Gasteiger partial charge in [-0.05, 0) is 47.9 Å². The molecule has 1 saturated heterocycles. The fraction of sp³-hybridized carbons (Fsp3) is 0.200. The summed E-state index contributed by atoms with van der Waals surface area (Å²) >= 11 is 12.4. The van der Waals surface area contributed by atoms with Gasteiger partial charge in [0.15, 0.2) is 0 Å². The molecule has 3 aromatic carbocycles. The fourth-order valence-corrected chi connectivity index (χ4v) is 4.15. The molecule has 32 heavy (non-hydrogen) atoms. The minimum Gasteiger partial charge on any atom is -0.324 e. The Kier molecular flexibility index (Phi) is 6.98. The first-order chi connectivity index (χ1) is 15.5. The number of nitrogens with one attached hydrogen (secondary N) is 1. The molecule has 0 aromatic heterocycles. The smallest absolute Gasteiger partial charge is 0.324 e. The average Bonchev–Trinajstić information content (AvgIpc) is 2.78. The van der Waals surface area contributed by atoms with E-state index in [-0.39, 0.29) is 18.4 Å². The maximum Gasteiger partial charge on any atom is 0.324 e. The molecular weight excluding hydrogens is 445 g/mol. The predicted octanol–water partition coefficient (Wildman–Crippen LogP) is 6.01. The van der Waals surface area contributed by atoms with Crippen molar-refractivity contribution >= 4 is 46.5 Å².